The quantitative estimate of drug-likeness (QED) is 0.344. The number of nitrogen functional groups attached to an aromatic ring is 1. The van der Waals surface area contributed by atoms with Crippen molar-refractivity contribution in [3.63, 3.8) is 0 Å². The van der Waals surface area contributed by atoms with Crippen molar-refractivity contribution in [2.45, 2.75) is 0 Å². The van der Waals surface area contributed by atoms with Crippen LogP contribution in [0.3, 0.4) is 0 Å². The van der Waals surface area contributed by atoms with Gasteiger partial charge in [-0.15, -0.1) is 5.10 Å². The van der Waals surface area contributed by atoms with Gasteiger partial charge in [-0.2, -0.15) is 9.78 Å². The number of rotatable bonds is 6. The Morgan fingerprint density at radius 1 is 1.26 bits per heavy atom. The first kappa shape index (κ1) is 20.0. The highest BCUT2D eigenvalue weighted by molar-refractivity contribution is 6.33. The van der Waals surface area contributed by atoms with Gasteiger partial charge in [0.2, 0.25) is 11.6 Å². The van der Waals surface area contributed by atoms with Crippen LogP contribution in [-0.4, -0.2) is 44.5 Å². The molecule has 31 heavy (non-hydrogen) atoms. The van der Waals surface area contributed by atoms with Crippen LogP contribution in [0.2, 0.25) is 5.02 Å². The molecular weight excluding hydrogens is 424 g/mol. The molecule has 0 aliphatic carbocycles. The van der Waals surface area contributed by atoms with Gasteiger partial charge in [-0.3, -0.25) is 4.79 Å². The van der Waals surface area contributed by atoms with Crippen LogP contribution in [0.4, 0.5) is 5.82 Å². The van der Waals surface area contributed by atoms with Crippen LogP contribution in [-0.2, 0) is 0 Å². The number of benzene rings is 2. The summed E-state index contributed by atoms with van der Waals surface area (Å²) in [5.41, 5.74) is 9.72. The van der Waals surface area contributed by atoms with Crippen molar-refractivity contribution in [1.82, 2.24) is 30.7 Å². The lowest BCUT2D eigenvalue weighted by molar-refractivity contribution is 0.0950. The number of halogens is 1. The van der Waals surface area contributed by atoms with Gasteiger partial charge in [-0.1, -0.05) is 47.1 Å². The molecule has 0 saturated carbocycles. The van der Waals surface area contributed by atoms with E-state index in [0.717, 1.165) is 0 Å². The summed E-state index contributed by atoms with van der Waals surface area (Å²) in [6.07, 6.45) is 1.43. The molecule has 0 spiro atoms. The molecule has 0 atom stereocenters. The van der Waals surface area contributed by atoms with Gasteiger partial charge in [-0.05, 0) is 28.5 Å². The second-order valence-corrected chi connectivity index (χ2v) is 6.53. The largest absolute Gasteiger partial charge is 0.497 e. The minimum absolute atomic E-state index is 0.0160. The summed E-state index contributed by atoms with van der Waals surface area (Å²) in [4.78, 5) is 12.8. The number of ether oxygens (including phenoxy) is 1. The number of methoxy groups -OCH3 is 1. The van der Waals surface area contributed by atoms with Gasteiger partial charge < -0.3 is 10.5 Å². The van der Waals surface area contributed by atoms with Crippen molar-refractivity contribution in [1.29, 1.82) is 0 Å². The second-order valence-electron chi connectivity index (χ2n) is 6.12. The fourth-order valence-electron chi connectivity index (χ4n) is 2.74. The first-order valence-corrected chi connectivity index (χ1v) is 9.22. The number of anilines is 1. The molecule has 0 saturated heterocycles. The molecule has 0 aliphatic heterocycles. The Morgan fingerprint density at radius 2 is 2.10 bits per heavy atom. The molecule has 2 aromatic carbocycles. The second kappa shape index (κ2) is 8.63. The number of nitrogens with zero attached hydrogens (tertiary/aromatic N) is 6. The smallest absolute Gasteiger partial charge is 0.294 e. The summed E-state index contributed by atoms with van der Waals surface area (Å²) in [5.74, 6) is 0.0312. The molecule has 11 nitrogen and oxygen atoms in total. The number of aromatic nitrogens is 5. The van der Waals surface area contributed by atoms with Gasteiger partial charge in [0.05, 0.1) is 13.3 Å². The summed E-state index contributed by atoms with van der Waals surface area (Å²) >= 11 is 6.09. The zero-order valence-corrected chi connectivity index (χ0v) is 16.8. The summed E-state index contributed by atoms with van der Waals surface area (Å²) in [6, 6.07) is 14.1. The van der Waals surface area contributed by atoms with Crippen molar-refractivity contribution in [3.05, 3.63) is 64.8 Å². The maximum Gasteiger partial charge on any atom is 0.294 e. The average molecular weight is 439 g/mol. The molecule has 12 heteroatoms. The van der Waals surface area contributed by atoms with E-state index in [1.807, 2.05) is 0 Å². The number of carbonyl (C=O) groups is 1. The molecule has 0 unspecified atom stereocenters. The molecule has 2 heterocycles. The summed E-state index contributed by atoms with van der Waals surface area (Å²) in [5, 5.41) is 19.7. The molecular formula is C19H15ClN8O3. The summed E-state index contributed by atoms with van der Waals surface area (Å²) in [6.45, 7) is 0. The van der Waals surface area contributed by atoms with Gasteiger partial charge in [-0.25, -0.2) is 10.1 Å². The average Bonchev–Trinajstić information content (AvgIpc) is 3.41. The Bertz CT molecular complexity index is 1270. The van der Waals surface area contributed by atoms with E-state index in [1.165, 1.54) is 18.0 Å². The predicted molar refractivity (Wildman–Crippen MR) is 112 cm³/mol. The third-order valence-corrected chi connectivity index (χ3v) is 4.54. The van der Waals surface area contributed by atoms with Gasteiger partial charge >= 0.3 is 0 Å². The molecule has 4 rings (SSSR count). The first-order chi connectivity index (χ1) is 15.1. The van der Waals surface area contributed by atoms with Crippen LogP contribution in [0.5, 0.6) is 5.75 Å². The molecule has 0 bridgehead atoms. The Morgan fingerprint density at radius 3 is 2.84 bits per heavy atom. The summed E-state index contributed by atoms with van der Waals surface area (Å²) in [7, 11) is 1.53. The molecule has 0 fully saturated rings. The number of amides is 1. The van der Waals surface area contributed by atoms with Crippen LogP contribution in [0.1, 0.15) is 16.1 Å². The zero-order valence-electron chi connectivity index (χ0n) is 16.1. The highest BCUT2D eigenvalue weighted by Gasteiger charge is 2.25. The Labute approximate surface area is 180 Å². The van der Waals surface area contributed by atoms with Crippen LogP contribution in [0, 0.1) is 0 Å². The third-order valence-electron chi connectivity index (χ3n) is 4.20. The van der Waals surface area contributed by atoms with Gasteiger partial charge in [0.15, 0.2) is 5.69 Å². The van der Waals surface area contributed by atoms with Crippen molar-refractivity contribution in [3.8, 4) is 22.8 Å². The Kier molecular flexibility index (Phi) is 5.58. The van der Waals surface area contributed by atoms with Crippen LogP contribution < -0.4 is 15.9 Å². The topological polar surface area (TPSA) is 146 Å². The van der Waals surface area contributed by atoms with E-state index in [-0.39, 0.29) is 17.3 Å². The van der Waals surface area contributed by atoms with E-state index in [1.54, 1.807) is 48.5 Å². The highest BCUT2D eigenvalue weighted by atomic mass is 35.5. The van der Waals surface area contributed by atoms with Crippen LogP contribution in [0.25, 0.3) is 17.1 Å². The van der Waals surface area contributed by atoms with Crippen molar-refractivity contribution >= 4 is 29.5 Å². The van der Waals surface area contributed by atoms with E-state index in [2.05, 4.69) is 35.8 Å². The molecule has 3 N–H and O–H groups in total. The predicted octanol–water partition coefficient (Wildman–Crippen LogP) is 2.33. The van der Waals surface area contributed by atoms with Crippen molar-refractivity contribution < 1.29 is 14.2 Å². The minimum atomic E-state index is -0.609. The van der Waals surface area contributed by atoms with Gasteiger partial charge in [0.25, 0.3) is 5.91 Å². The van der Waals surface area contributed by atoms with E-state index in [0.29, 0.717) is 27.6 Å². The third kappa shape index (κ3) is 4.07. The Balaban J connectivity index is 1.72. The Hall–Kier alpha value is -4.25. The molecule has 4 aromatic rings. The lowest BCUT2D eigenvalue weighted by Crippen LogP contribution is -2.19. The number of hydrogen-bond acceptors (Lipinski definition) is 9. The number of nitrogens with one attached hydrogen (secondary N) is 1. The molecule has 1 amide bonds. The van der Waals surface area contributed by atoms with Gasteiger partial charge in [0.1, 0.15) is 11.4 Å². The standard InChI is InChI=1S/C19H15ClN8O3/c1-30-13-7-4-6-11(9-13)16-15(23-27-28(16)18-17(21)25-31-26-18)19(29)24-22-10-12-5-2-3-8-14(12)20/h2-10H,1H3,(H2,21,25)(H,24,29)/b22-10+. The maximum atomic E-state index is 12.8. The monoisotopic (exact) mass is 438 g/mol. The molecule has 0 aliphatic rings. The first-order valence-electron chi connectivity index (χ1n) is 8.85. The number of hydrogen-bond donors (Lipinski definition) is 2. The van der Waals surface area contributed by atoms with E-state index < -0.39 is 5.91 Å². The summed E-state index contributed by atoms with van der Waals surface area (Å²) < 4.78 is 11.2. The maximum absolute atomic E-state index is 12.8. The lowest BCUT2D eigenvalue weighted by atomic mass is 10.1. The molecule has 156 valence electrons. The van der Waals surface area contributed by atoms with Crippen LogP contribution in [0.15, 0.2) is 58.3 Å². The van der Waals surface area contributed by atoms with E-state index in [9.17, 15) is 4.79 Å². The van der Waals surface area contributed by atoms with Crippen LogP contribution >= 0.6 is 11.6 Å². The van der Waals surface area contributed by atoms with Gasteiger partial charge in [0, 0.05) is 16.1 Å². The molecule has 0 radical (unpaired) electrons. The zero-order chi connectivity index (χ0) is 21.8. The lowest BCUT2D eigenvalue weighted by Gasteiger charge is -2.07. The van der Waals surface area contributed by atoms with E-state index >= 15 is 0 Å². The normalized spacial score (nSPS) is 11.0. The molecule has 2 aromatic heterocycles. The van der Waals surface area contributed by atoms with Crippen molar-refractivity contribution in [2.24, 2.45) is 5.10 Å². The highest BCUT2D eigenvalue weighted by Crippen LogP contribution is 2.29. The number of hydrazone groups is 1. The minimum Gasteiger partial charge on any atom is -0.497 e. The fraction of sp³-hybridized carbons (Fsp3) is 0.0526. The van der Waals surface area contributed by atoms with Crippen molar-refractivity contribution in [2.75, 3.05) is 12.8 Å². The number of carbonyl (C=O) groups excluding carboxylic acids is 1. The van der Waals surface area contributed by atoms with E-state index in [4.69, 9.17) is 22.1 Å². The SMILES string of the molecule is COc1cccc(-c2c(C(=O)N/N=C/c3ccccc3Cl)nnn2-c2nonc2N)c1. The fourth-order valence-corrected chi connectivity index (χ4v) is 2.93. The number of nitrogens with two attached hydrogens (primary N) is 1.